The van der Waals surface area contributed by atoms with Crippen LogP contribution in [0.1, 0.15) is 0 Å². The average molecular weight is 269 g/mol. The molecule has 0 fully saturated rings. The molecule has 0 aliphatic carbocycles. The summed E-state index contributed by atoms with van der Waals surface area (Å²) in [6.45, 7) is 0. The van der Waals surface area contributed by atoms with Crippen LogP contribution in [0, 0.1) is 0 Å². The van der Waals surface area contributed by atoms with E-state index >= 15 is 0 Å². The van der Waals surface area contributed by atoms with Crippen molar-refractivity contribution < 1.29 is 9.47 Å². The van der Waals surface area contributed by atoms with Crippen molar-refractivity contribution in [3.8, 4) is 11.5 Å². The van der Waals surface area contributed by atoms with Crippen molar-refractivity contribution in [2.75, 3.05) is 19.5 Å². The molecular formula is C15H15N3O2. The van der Waals surface area contributed by atoms with Gasteiger partial charge in [-0.15, -0.1) is 0 Å². The van der Waals surface area contributed by atoms with E-state index in [0.717, 1.165) is 33.9 Å². The summed E-state index contributed by atoms with van der Waals surface area (Å²) in [6, 6.07) is 13.5. The van der Waals surface area contributed by atoms with Crippen LogP contribution in [0.25, 0.3) is 10.9 Å². The first-order valence-corrected chi connectivity index (χ1v) is 6.23. The molecule has 1 heterocycles. The molecule has 0 saturated carbocycles. The predicted molar refractivity (Wildman–Crippen MR) is 78.9 cm³/mol. The number of nitrogens with zero attached hydrogens (tertiary/aromatic N) is 1. The quantitative estimate of drug-likeness (QED) is 0.762. The van der Waals surface area contributed by atoms with Crippen LogP contribution in [0.3, 0.4) is 0 Å². The Balaban J connectivity index is 1.90. The smallest absolute Gasteiger partial charge is 0.160 e. The number of anilines is 2. The fourth-order valence-corrected chi connectivity index (χ4v) is 2.03. The number of fused-ring (bicyclic) bond motifs is 1. The summed E-state index contributed by atoms with van der Waals surface area (Å²) in [5, 5.41) is 11.6. The lowest BCUT2D eigenvalue weighted by Gasteiger charge is -2.05. The van der Waals surface area contributed by atoms with Crippen molar-refractivity contribution in [1.29, 1.82) is 0 Å². The van der Waals surface area contributed by atoms with E-state index in [0.29, 0.717) is 0 Å². The minimum absolute atomic E-state index is 0.785. The van der Waals surface area contributed by atoms with E-state index in [1.807, 2.05) is 42.5 Å². The largest absolute Gasteiger partial charge is 0.497 e. The molecule has 3 aromatic rings. The predicted octanol–water partition coefficient (Wildman–Crippen LogP) is 3.32. The third-order valence-corrected chi connectivity index (χ3v) is 3.12. The molecule has 0 radical (unpaired) electrons. The van der Waals surface area contributed by atoms with Gasteiger partial charge in [0.25, 0.3) is 0 Å². The highest BCUT2D eigenvalue weighted by atomic mass is 16.5. The van der Waals surface area contributed by atoms with Gasteiger partial charge < -0.3 is 14.8 Å². The lowest BCUT2D eigenvalue weighted by atomic mass is 10.2. The van der Waals surface area contributed by atoms with Crippen LogP contribution in [0.2, 0.25) is 0 Å². The van der Waals surface area contributed by atoms with Crippen molar-refractivity contribution in [3.05, 3.63) is 42.5 Å². The molecule has 0 aliphatic rings. The van der Waals surface area contributed by atoms with Gasteiger partial charge in [0.05, 0.1) is 19.7 Å². The molecule has 0 aliphatic heterocycles. The Bertz CT molecular complexity index is 720. The van der Waals surface area contributed by atoms with Crippen molar-refractivity contribution in [3.63, 3.8) is 0 Å². The van der Waals surface area contributed by atoms with Crippen LogP contribution in [0.15, 0.2) is 42.5 Å². The summed E-state index contributed by atoms with van der Waals surface area (Å²) in [4.78, 5) is 0. The van der Waals surface area contributed by atoms with E-state index < -0.39 is 0 Å². The van der Waals surface area contributed by atoms with Crippen LogP contribution in [-0.2, 0) is 0 Å². The zero-order valence-electron chi connectivity index (χ0n) is 11.3. The highest BCUT2D eigenvalue weighted by Crippen LogP contribution is 2.27. The van der Waals surface area contributed by atoms with Crippen molar-refractivity contribution >= 4 is 22.4 Å². The summed E-state index contributed by atoms with van der Waals surface area (Å²) >= 11 is 0. The Hall–Kier alpha value is -2.69. The van der Waals surface area contributed by atoms with Crippen molar-refractivity contribution in [2.24, 2.45) is 0 Å². The van der Waals surface area contributed by atoms with Crippen LogP contribution in [-0.4, -0.2) is 24.4 Å². The summed E-state index contributed by atoms with van der Waals surface area (Å²) in [5.74, 6) is 2.41. The Kier molecular flexibility index (Phi) is 3.16. The number of benzene rings is 2. The zero-order chi connectivity index (χ0) is 13.9. The molecule has 0 unspecified atom stereocenters. The van der Waals surface area contributed by atoms with E-state index in [4.69, 9.17) is 9.47 Å². The van der Waals surface area contributed by atoms with E-state index in [-0.39, 0.29) is 0 Å². The highest BCUT2D eigenvalue weighted by Gasteiger charge is 2.06. The second-order valence-corrected chi connectivity index (χ2v) is 4.34. The summed E-state index contributed by atoms with van der Waals surface area (Å²) in [7, 11) is 3.30. The molecule has 1 aromatic heterocycles. The number of nitrogens with one attached hydrogen (secondary N) is 2. The summed E-state index contributed by atoms with van der Waals surface area (Å²) in [5.41, 5.74) is 1.88. The van der Waals surface area contributed by atoms with Gasteiger partial charge in [-0.2, -0.15) is 5.10 Å². The molecule has 0 spiro atoms. The van der Waals surface area contributed by atoms with Crippen molar-refractivity contribution in [1.82, 2.24) is 10.2 Å². The van der Waals surface area contributed by atoms with E-state index in [9.17, 15) is 0 Å². The van der Waals surface area contributed by atoms with Gasteiger partial charge in [-0.1, -0.05) is 0 Å². The maximum absolute atomic E-state index is 5.19. The standard InChI is InChI=1S/C15H15N3O2/c1-19-11-5-3-10(4-6-11)16-15-13-8-7-12(20-2)9-14(13)17-18-15/h3-9H,1-2H3,(H2,16,17,18). The lowest BCUT2D eigenvalue weighted by molar-refractivity contribution is 0.415. The van der Waals surface area contributed by atoms with Gasteiger partial charge in [0.1, 0.15) is 11.5 Å². The normalized spacial score (nSPS) is 10.5. The molecular weight excluding hydrogens is 254 g/mol. The number of hydrogen-bond donors (Lipinski definition) is 2. The Labute approximate surface area is 116 Å². The first-order chi connectivity index (χ1) is 9.80. The van der Waals surface area contributed by atoms with E-state index in [1.54, 1.807) is 14.2 Å². The third-order valence-electron chi connectivity index (χ3n) is 3.12. The van der Waals surface area contributed by atoms with Gasteiger partial charge in [-0.05, 0) is 36.4 Å². The Morgan fingerprint density at radius 3 is 2.35 bits per heavy atom. The monoisotopic (exact) mass is 269 g/mol. The van der Waals surface area contributed by atoms with E-state index in [2.05, 4.69) is 15.5 Å². The molecule has 5 heteroatoms. The maximum atomic E-state index is 5.19. The maximum Gasteiger partial charge on any atom is 0.160 e. The molecule has 2 aromatic carbocycles. The second kappa shape index (κ2) is 5.13. The average Bonchev–Trinajstić information content (AvgIpc) is 2.90. The van der Waals surface area contributed by atoms with Crippen LogP contribution in [0.5, 0.6) is 11.5 Å². The first-order valence-electron chi connectivity index (χ1n) is 6.23. The molecule has 20 heavy (non-hydrogen) atoms. The van der Waals surface area contributed by atoms with Crippen LogP contribution in [0.4, 0.5) is 11.5 Å². The molecule has 102 valence electrons. The number of H-pyrrole nitrogens is 1. The number of rotatable bonds is 4. The summed E-state index contributed by atoms with van der Waals surface area (Å²) in [6.07, 6.45) is 0. The van der Waals surface area contributed by atoms with Crippen LogP contribution < -0.4 is 14.8 Å². The number of methoxy groups -OCH3 is 2. The molecule has 2 N–H and O–H groups in total. The number of ether oxygens (including phenoxy) is 2. The van der Waals surface area contributed by atoms with Gasteiger partial charge in [0.2, 0.25) is 0 Å². The Morgan fingerprint density at radius 2 is 1.65 bits per heavy atom. The SMILES string of the molecule is COc1ccc(Nc2n[nH]c3cc(OC)ccc23)cc1. The minimum Gasteiger partial charge on any atom is -0.497 e. The van der Waals surface area contributed by atoms with Crippen molar-refractivity contribution in [2.45, 2.75) is 0 Å². The van der Waals surface area contributed by atoms with Crippen LogP contribution >= 0.6 is 0 Å². The third kappa shape index (κ3) is 2.25. The molecule has 3 rings (SSSR count). The second-order valence-electron chi connectivity index (χ2n) is 4.34. The fraction of sp³-hybridized carbons (Fsp3) is 0.133. The van der Waals surface area contributed by atoms with Gasteiger partial charge in [-0.3, -0.25) is 5.10 Å². The fourth-order valence-electron chi connectivity index (χ4n) is 2.03. The number of aromatic amines is 1. The van der Waals surface area contributed by atoms with Gasteiger partial charge in [0.15, 0.2) is 5.82 Å². The van der Waals surface area contributed by atoms with E-state index in [1.165, 1.54) is 0 Å². The minimum atomic E-state index is 0.785. The molecule has 0 amide bonds. The van der Waals surface area contributed by atoms with Gasteiger partial charge in [0, 0.05) is 17.1 Å². The Morgan fingerprint density at radius 1 is 0.950 bits per heavy atom. The molecule has 0 bridgehead atoms. The zero-order valence-corrected chi connectivity index (χ0v) is 11.3. The topological polar surface area (TPSA) is 59.2 Å². The molecule has 5 nitrogen and oxygen atoms in total. The molecule has 0 atom stereocenters. The molecule has 0 saturated heterocycles. The lowest BCUT2D eigenvalue weighted by Crippen LogP contribution is -1.91. The summed E-state index contributed by atoms with van der Waals surface area (Å²) < 4.78 is 10.3. The number of hydrogen-bond acceptors (Lipinski definition) is 4. The van der Waals surface area contributed by atoms with Gasteiger partial charge in [-0.25, -0.2) is 0 Å². The first kappa shape index (κ1) is 12.3. The van der Waals surface area contributed by atoms with Gasteiger partial charge >= 0.3 is 0 Å². The number of aromatic nitrogens is 2. The highest BCUT2D eigenvalue weighted by molar-refractivity contribution is 5.92.